The van der Waals surface area contributed by atoms with Crippen LogP contribution in [-0.2, 0) is 4.79 Å². The van der Waals surface area contributed by atoms with Crippen LogP contribution in [0.4, 0.5) is 4.39 Å². The molecule has 2 atom stereocenters. The molecule has 0 unspecified atom stereocenters. The van der Waals surface area contributed by atoms with Crippen molar-refractivity contribution in [1.29, 1.82) is 0 Å². The summed E-state index contributed by atoms with van der Waals surface area (Å²) in [6.45, 7) is 9.78. The molecule has 1 aliphatic heterocycles. The topological polar surface area (TPSA) is 140 Å². The lowest BCUT2D eigenvalue weighted by atomic mass is 10.0. The van der Waals surface area contributed by atoms with E-state index in [9.17, 15) is 14.0 Å². The monoisotopic (exact) mass is 570 g/mol. The zero-order valence-corrected chi connectivity index (χ0v) is 23.8. The molecule has 2 aromatic heterocycles. The molecule has 3 aromatic rings. The number of benzene rings is 1. The first kappa shape index (κ1) is 30.2. The number of carbonyl (C=O) groups is 2. The summed E-state index contributed by atoms with van der Waals surface area (Å²) in [5, 5.41) is 6.59. The van der Waals surface area contributed by atoms with Gasteiger partial charge in [0, 0.05) is 32.2 Å². The van der Waals surface area contributed by atoms with Crippen LogP contribution in [0.15, 0.2) is 45.5 Å². The van der Waals surface area contributed by atoms with Crippen LogP contribution in [-0.4, -0.2) is 77.1 Å². The van der Waals surface area contributed by atoms with Gasteiger partial charge in [-0.1, -0.05) is 19.0 Å². The summed E-state index contributed by atoms with van der Waals surface area (Å²) in [5.74, 6) is 0.394. The Labute approximate surface area is 239 Å². The second kappa shape index (κ2) is 14.2. The Kier molecular flexibility index (Phi) is 10.5. The first-order valence-corrected chi connectivity index (χ1v) is 14.1. The molecule has 0 bridgehead atoms. The molecule has 1 saturated heterocycles. The maximum Gasteiger partial charge on any atom is 0.287 e. The van der Waals surface area contributed by atoms with E-state index >= 15 is 0 Å². The van der Waals surface area contributed by atoms with Gasteiger partial charge in [-0.3, -0.25) is 9.59 Å². The predicted octanol–water partition coefficient (Wildman–Crippen LogP) is 3.64. The van der Waals surface area contributed by atoms with Gasteiger partial charge in [0.25, 0.3) is 5.91 Å². The highest BCUT2D eigenvalue weighted by Gasteiger charge is 2.25. The first-order chi connectivity index (χ1) is 19.7. The van der Waals surface area contributed by atoms with E-state index in [0.29, 0.717) is 43.7 Å². The van der Waals surface area contributed by atoms with Crippen molar-refractivity contribution in [3.8, 4) is 17.1 Å². The average Bonchev–Trinajstić information content (AvgIpc) is 3.60. The SMILES string of the molecule is CC(C)C[C@H](N)c1nc(-c2ccc(OCCCN3CCCN(C(=O)[C@H](C)NC(=O)c4ccco4)CC3)cc2F)no1. The van der Waals surface area contributed by atoms with Crippen molar-refractivity contribution in [2.24, 2.45) is 11.7 Å². The lowest BCUT2D eigenvalue weighted by Crippen LogP contribution is -2.48. The zero-order valence-electron chi connectivity index (χ0n) is 23.8. The molecule has 4 rings (SSSR count). The summed E-state index contributed by atoms with van der Waals surface area (Å²) in [6, 6.07) is 6.73. The molecule has 0 saturated carbocycles. The Bertz CT molecular complexity index is 1280. The minimum absolute atomic E-state index is 0.115. The van der Waals surface area contributed by atoms with E-state index in [-0.39, 0.29) is 23.1 Å². The average molecular weight is 571 g/mol. The molecule has 222 valence electrons. The summed E-state index contributed by atoms with van der Waals surface area (Å²) in [4.78, 5) is 33.4. The van der Waals surface area contributed by atoms with Crippen LogP contribution < -0.4 is 15.8 Å². The van der Waals surface area contributed by atoms with Gasteiger partial charge in [0.2, 0.25) is 17.6 Å². The number of hydrogen-bond donors (Lipinski definition) is 2. The highest BCUT2D eigenvalue weighted by atomic mass is 19.1. The molecular formula is C29H39FN6O5. The molecule has 3 N–H and O–H groups in total. The summed E-state index contributed by atoms with van der Waals surface area (Å²) in [6.07, 6.45) is 3.69. The zero-order chi connectivity index (χ0) is 29.4. The number of halogens is 1. The second-order valence-electron chi connectivity index (χ2n) is 10.7. The summed E-state index contributed by atoms with van der Waals surface area (Å²) in [5.41, 5.74) is 6.32. The number of ether oxygens (including phenoxy) is 1. The molecule has 2 amide bonds. The minimum Gasteiger partial charge on any atom is -0.493 e. The van der Waals surface area contributed by atoms with Gasteiger partial charge in [0.05, 0.1) is 24.5 Å². The van der Waals surface area contributed by atoms with Gasteiger partial charge >= 0.3 is 0 Å². The maximum absolute atomic E-state index is 14.8. The van der Waals surface area contributed by atoms with Crippen LogP contribution in [0, 0.1) is 11.7 Å². The van der Waals surface area contributed by atoms with Crippen molar-refractivity contribution in [1.82, 2.24) is 25.3 Å². The van der Waals surface area contributed by atoms with Crippen molar-refractivity contribution in [3.63, 3.8) is 0 Å². The minimum atomic E-state index is -0.649. The van der Waals surface area contributed by atoms with Gasteiger partial charge < -0.3 is 34.5 Å². The molecule has 41 heavy (non-hydrogen) atoms. The van der Waals surface area contributed by atoms with Crippen LogP contribution in [0.1, 0.15) is 62.5 Å². The Morgan fingerprint density at radius 2 is 2.00 bits per heavy atom. The maximum atomic E-state index is 14.8. The predicted molar refractivity (Wildman–Crippen MR) is 149 cm³/mol. The highest BCUT2D eigenvalue weighted by molar-refractivity contribution is 5.95. The van der Waals surface area contributed by atoms with E-state index in [2.05, 4.69) is 34.2 Å². The van der Waals surface area contributed by atoms with Crippen molar-refractivity contribution in [2.75, 3.05) is 39.3 Å². The molecule has 0 radical (unpaired) electrons. The number of rotatable bonds is 12. The number of nitrogens with two attached hydrogens (primary N) is 1. The van der Waals surface area contributed by atoms with E-state index in [4.69, 9.17) is 19.4 Å². The van der Waals surface area contributed by atoms with E-state index in [1.54, 1.807) is 36.1 Å². The van der Waals surface area contributed by atoms with Crippen molar-refractivity contribution in [2.45, 2.75) is 52.1 Å². The van der Waals surface area contributed by atoms with Gasteiger partial charge in [0.15, 0.2) is 5.76 Å². The van der Waals surface area contributed by atoms with Crippen LogP contribution in [0.3, 0.4) is 0 Å². The molecule has 1 fully saturated rings. The van der Waals surface area contributed by atoms with Gasteiger partial charge in [-0.05, 0) is 62.9 Å². The van der Waals surface area contributed by atoms with E-state index < -0.39 is 23.8 Å². The van der Waals surface area contributed by atoms with Gasteiger partial charge in [-0.2, -0.15) is 4.98 Å². The molecule has 1 aliphatic rings. The van der Waals surface area contributed by atoms with Crippen LogP contribution >= 0.6 is 0 Å². The number of aromatic nitrogens is 2. The van der Waals surface area contributed by atoms with Crippen molar-refractivity contribution in [3.05, 3.63) is 54.1 Å². The van der Waals surface area contributed by atoms with Crippen LogP contribution in [0.25, 0.3) is 11.4 Å². The third kappa shape index (κ3) is 8.37. The van der Waals surface area contributed by atoms with E-state index in [0.717, 1.165) is 32.5 Å². The quantitative estimate of drug-likeness (QED) is 0.312. The number of carbonyl (C=O) groups excluding carboxylic acids is 2. The fraction of sp³-hybridized carbons (Fsp3) is 0.517. The Balaban J connectivity index is 1.19. The Morgan fingerprint density at radius 3 is 2.73 bits per heavy atom. The van der Waals surface area contributed by atoms with Crippen LogP contribution in [0.2, 0.25) is 0 Å². The molecule has 0 spiro atoms. The van der Waals surface area contributed by atoms with Crippen molar-refractivity contribution < 1.29 is 27.7 Å². The van der Waals surface area contributed by atoms with E-state index in [1.807, 2.05) is 0 Å². The number of hydrogen-bond acceptors (Lipinski definition) is 9. The van der Waals surface area contributed by atoms with Crippen LogP contribution in [0.5, 0.6) is 5.75 Å². The smallest absolute Gasteiger partial charge is 0.287 e. The number of furan rings is 1. The molecule has 12 heteroatoms. The van der Waals surface area contributed by atoms with E-state index in [1.165, 1.54) is 12.3 Å². The summed E-state index contributed by atoms with van der Waals surface area (Å²) >= 11 is 0. The third-order valence-electron chi connectivity index (χ3n) is 6.92. The standard InChI is InChI=1S/C29H39FN6O5/c1-19(2)17-24(31)28-33-26(34-41-28)22-9-8-21(18-23(22)30)39-16-6-11-35-10-5-12-36(14-13-35)29(38)20(3)32-27(37)25-7-4-15-40-25/h4,7-9,15,18-20,24H,5-6,10-14,16-17,31H2,1-3H3,(H,32,37)/t20-,24-/m0/s1. The molecule has 0 aliphatic carbocycles. The van der Waals surface area contributed by atoms with Gasteiger partial charge in [0.1, 0.15) is 17.6 Å². The number of amides is 2. The summed E-state index contributed by atoms with van der Waals surface area (Å²) in [7, 11) is 0. The first-order valence-electron chi connectivity index (χ1n) is 14.1. The Morgan fingerprint density at radius 1 is 1.17 bits per heavy atom. The number of nitrogens with one attached hydrogen (secondary N) is 1. The fourth-order valence-electron chi connectivity index (χ4n) is 4.78. The highest BCUT2D eigenvalue weighted by Crippen LogP contribution is 2.26. The van der Waals surface area contributed by atoms with Gasteiger partial charge in [-0.25, -0.2) is 4.39 Å². The van der Waals surface area contributed by atoms with Gasteiger partial charge in [-0.15, -0.1) is 0 Å². The second-order valence-corrected chi connectivity index (χ2v) is 10.7. The molecule has 1 aromatic carbocycles. The summed E-state index contributed by atoms with van der Waals surface area (Å²) < 4.78 is 30.9. The fourth-order valence-corrected chi connectivity index (χ4v) is 4.78. The largest absolute Gasteiger partial charge is 0.493 e. The normalized spacial score (nSPS) is 15.9. The number of nitrogens with zero attached hydrogens (tertiary/aromatic N) is 4. The molecular weight excluding hydrogens is 531 g/mol. The third-order valence-corrected chi connectivity index (χ3v) is 6.92. The van der Waals surface area contributed by atoms with Crippen molar-refractivity contribution >= 4 is 11.8 Å². The lowest BCUT2D eigenvalue weighted by molar-refractivity contribution is -0.132. The molecule has 11 nitrogen and oxygen atoms in total. The molecule has 3 heterocycles. The Hall–Kier alpha value is -3.77. The lowest BCUT2D eigenvalue weighted by Gasteiger charge is -2.25.